The van der Waals surface area contributed by atoms with Gasteiger partial charge in [-0.25, -0.2) is 9.59 Å². The van der Waals surface area contributed by atoms with E-state index in [9.17, 15) is 9.59 Å². The molecule has 1 spiro atoms. The Kier molecular flexibility index (Phi) is 3.44. The van der Waals surface area contributed by atoms with Crippen LogP contribution in [0.3, 0.4) is 0 Å². The van der Waals surface area contributed by atoms with E-state index in [2.05, 4.69) is 11.5 Å². The molecule has 0 atom stereocenters. The second-order valence-corrected chi connectivity index (χ2v) is 6.34. The molecule has 1 saturated carbocycles. The quantitative estimate of drug-likeness (QED) is 0.482. The summed E-state index contributed by atoms with van der Waals surface area (Å²) in [7, 11) is 0. The van der Waals surface area contributed by atoms with Crippen LogP contribution in [0.15, 0.2) is 36.0 Å². The molecule has 2 aromatic rings. The maximum absolute atomic E-state index is 12.4. The second-order valence-electron chi connectivity index (χ2n) is 6.34. The topological polar surface area (TPSA) is 57.5 Å². The van der Waals surface area contributed by atoms with Gasteiger partial charge in [0.25, 0.3) is 5.79 Å². The Labute approximate surface area is 139 Å². The highest BCUT2D eigenvalue weighted by molar-refractivity contribution is 6.19. The first-order chi connectivity index (χ1) is 11.6. The fourth-order valence-corrected chi connectivity index (χ4v) is 3.59. The van der Waals surface area contributed by atoms with Gasteiger partial charge in [-0.3, -0.25) is 0 Å². The number of rotatable bonds is 2. The molecule has 1 saturated heterocycles. The molecule has 1 aliphatic heterocycles. The summed E-state index contributed by atoms with van der Waals surface area (Å²) in [4.78, 5) is 24.8. The van der Waals surface area contributed by atoms with Crippen LogP contribution in [0, 0.1) is 0 Å². The van der Waals surface area contributed by atoms with Crippen molar-refractivity contribution in [3.63, 3.8) is 0 Å². The Hall–Kier alpha value is -2.56. The third-order valence-corrected chi connectivity index (χ3v) is 4.82. The van der Waals surface area contributed by atoms with E-state index in [1.54, 1.807) is 6.08 Å². The Bertz CT molecular complexity index is 833. The van der Waals surface area contributed by atoms with Crippen LogP contribution < -0.4 is 0 Å². The van der Waals surface area contributed by atoms with E-state index < -0.39 is 17.7 Å². The van der Waals surface area contributed by atoms with Crippen molar-refractivity contribution in [2.24, 2.45) is 0 Å². The molecule has 1 aromatic carbocycles. The maximum Gasteiger partial charge on any atom is 0.348 e. The average Bonchev–Trinajstić information content (AvgIpc) is 3.16. The van der Waals surface area contributed by atoms with Crippen molar-refractivity contribution < 1.29 is 19.1 Å². The van der Waals surface area contributed by atoms with Crippen LogP contribution in [0.25, 0.3) is 17.0 Å². The summed E-state index contributed by atoms with van der Waals surface area (Å²) in [6, 6.07) is 7.91. The number of hydrogen-bond donors (Lipinski definition) is 0. The van der Waals surface area contributed by atoms with E-state index in [-0.39, 0.29) is 5.57 Å². The summed E-state index contributed by atoms with van der Waals surface area (Å²) in [5.74, 6) is -2.19. The molecule has 0 radical (unpaired) electrons. The number of aromatic nitrogens is 1. The molecule has 1 aromatic heterocycles. The maximum atomic E-state index is 12.4. The lowest BCUT2D eigenvalue weighted by molar-refractivity contribution is -0.232. The van der Waals surface area contributed by atoms with Crippen molar-refractivity contribution in [2.75, 3.05) is 0 Å². The Morgan fingerprint density at radius 2 is 1.79 bits per heavy atom. The molecule has 24 heavy (non-hydrogen) atoms. The summed E-state index contributed by atoms with van der Waals surface area (Å²) in [6.45, 7) is 2.86. The number of aryl methyl sites for hydroxylation is 1. The van der Waals surface area contributed by atoms with Gasteiger partial charge in [0.1, 0.15) is 5.57 Å². The van der Waals surface area contributed by atoms with E-state index >= 15 is 0 Å². The zero-order valence-electron chi connectivity index (χ0n) is 13.6. The van der Waals surface area contributed by atoms with E-state index in [0.717, 1.165) is 35.9 Å². The first-order valence-electron chi connectivity index (χ1n) is 8.38. The van der Waals surface area contributed by atoms with E-state index in [1.807, 2.05) is 30.5 Å². The molecule has 1 aliphatic carbocycles. The van der Waals surface area contributed by atoms with E-state index in [0.29, 0.717) is 12.8 Å². The molecule has 0 N–H and O–H groups in total. The summed E-state index contributed by atoms with van der Waals surface area (Å²) in [5, 5.41) is 0.994. The van der Waals surface area contributed by atoms with Crippen LogP contribution in [0.2, 0.25) is 0 Å². The number of carbonyl (C=O) groups is 2. The first kappa shape index (κ1) is 15.0. The standard InChI is InChI=1S/C19H19NO4/c1-2-20-12-13(14-7-3-4-8-16(14)20)11-15-17(21)23-19(24-18(15)22)9-5-6-10-19/h3-4,7-8,11-12H,2,5-6,9-10H2,1H3. The third-order valence-electron chi connectivity index (χ3n) is 4.82. The first-order valence-corrected chi connectivity index (χ1v) is 8.38. The molecule has 4 rings (SSSR count). The van der Waals surface area contributed by atoms with Crippen molar-refractivity contribution in [3.8, 4) is 0 Å². The van der Waals surface area contributed by atoms with Crippen molar-refractivity contribution in [1.29, 1.82) is 0 Å². The van der Waals surface area contributed by atoms with Gasteiger partial charge in [-0.1, -0.05) is 18.2 Å². The minimum Gasteiger partial charge on any atom is -0.419 e. The fraction of sp³-hybridized carbons (Fsp3) is 0.368. The van der Waals surface area contributed by atoms with Crippen molar-refractivity contribution >= 4 is 28.9 Å². The second kappa shape index (κ2) is 5.51. The van der Waals surface area contributed by atoms with Gasteiger partial charge in [-0.05, 0) is 31.9 Å². The fourth-order valence-electron chi connectivity index (χ4n) is 3.59. The number of para-hydroxylation sites is 1. The summed E-state index contributed by atoms with van der Waals surface area (Å²) < 4.78 is 13.0. The number of carbonyl (C=O) groups excluding carboxylic acids is 2. The number of fused-ring (bicyclic) bond motifs is 1. The number of ether oxygens (including phenoxy) is 2. The average molecular weight is 325 g/mol. The van der Waals surface area contributed by atoms with Gasteiger partial charge in [0, 0.05) is 42.0 Å². The molecule has 0 unspecified atom stereocenters. The molecule has 2 heterocycles. The molecule has 2 fully saturated rings. The van der Waals surface area contributed by atoms with Crippen molar-refractivity contribution in [1.82, 2.24) is 4.57 Å². The number of nitrogens with zero attached hydrogens (tertiary/aromatic N) is 1. The zero-order valence-corrected chi connectivity index (χ0v) is 13.6. The van der Waals surface area contributed by atoms with Gasteiger partial charge in [-0.15, -0.1) is 0 Å². The molecule has 5 nitrogen and oxygen atoms in total. The normalized spacial score (nSPS) is 19.6. The SMILES string of the molecule is CCn1cc(C=C2C(=O)OC3(CCCC3)OC2=O)c2ccccc21. The van der Waals surface area contributed by atoms with Crippen LogP contribution in [0.4, 0.5) is 0 Å². The smallest absolute Gasteiger partial charge is 0.348 e. The van der Waals surface area contributed by atoms with Crippen LogP contribution in [0.5, 0.6) is 0 Å². The summed E-state index contributed by atoms with van der Waals surface area (Å²) in [6.07, 6.45) is 6.52. The van der Waals surface area contributed by atoms with Crippen LogP contribution in [-0.4, -0.2) is 22.3 Å². The third kappa shape index (κ3) is 2.31. The number of benzene rings is 1. The highest BCUT2D eigenvalue weighted by Crippen LogP contribution is 2.39. The largest absolute Gasteiger partial charge is 0.419 e. The Morgan fingerprint density at radius 3 is 2.46 bits per heavy atom. The van der Waals surface area contributed by atoms with Gasteiger partial charge >= 0.3 is 11.9 Å². The molecule has 0 amide bonds. The van der Waals surface area contributed by atoms with E-state index in [1.165, 1.54) is 0 Å². The molecule has 5 heteroatoms. The van der Waals surface area contributed by atoms with Crippen molar-refractivity contribution in [3.05, 3.63) is 41.6 Å². The molecule has 0 bridgehead atoms. The molecule has 2 aliphatic rings. The summed E-state index contributed by atoms with van der Waals surface area (Å²) >= 11 is 0. The molecule has 124 valence electrons. The lowest BCUT2D eigenvalue weighted by Gasteiger charge is -2.32. The minimum absolute atomic E-state index is 0.0356. The van der Waals surface area contributed by atoms with Gasteiger partial charge in [0.05, 0.1) is 0 Å². The van der Waals surface area contributed by atoms with E-state index in [4.69, 9.17) is 9.47 Å². The summed E-state index contributed by atoms with van der Waals surface area (Å²) in [5.41, 5.74) is 1.85. The Balaban J connectivity index is 1.74. The van der Waals surface area contributed by atoms with Crippen LogP contribution >= 0.6 is 0 Å². The van der Waals surface area contributed by atoms with Gasteiger partial charge < -0.3 is 14.0 Å². The lowest BCUT2D eigenvalue weighted by Crippen LogP contribution is -2.44. The highest BCUT2D eigenvalue weighted by atomic mass is 16.7. The van der Waals surface area contributed by atoms with Gasteiger partial charge in [-0.2, -0.15) is 0 Å². The predicted molar refractivity (Wildman–Crippen MR) is 89.0 cm³/mol. The molecular formula is C19H19NO4. The number of esters is 2. The van der Waals surface area contributed by atoms with Crippen LogP contribution in [0.1, 0.15) is 38.2 Å². The van der Waals surface area contributed by atoms with Gasteiger partial charge in [0.2, 0.25) is 0 Å². The van der Waals surface area contributed by atoms with Crippen molar-refractivity contribution in [2.45, 2.75) is 44.9 Å². The number of hydrogen-bond acceptors (Lipinski definition) is 4. The predicted octanol–water partition coefficient (Wildman–Crippen LogP) is 3.41. The highest BCUT2D eigenvalue weighted by Gasteiger charge is 2.47. The lowest BCUT2D eigenvalue weighted by atomic mass is 10.1. The van der Waals surface area contributed by atoms with Crippen LogP contribution in [-0.2, 0) is 25.6 Å². The monoisotopic (exact) mass is 325 g/mol. The zero-order chi connectivity index (χ0) is 16.7. The Morgan fingerprint density at radius 1 is 1.12 bits per heavy atom. The molecular weight excluding hydrogens is 306 g/mol. The minimum atomic E-state index is -1.02. The van der Waals surface area contributed by atoms with Gasteiger partial charge in [0.15, 0.2) is 0 Å².